The minimum atomic E-state index is -0.570. The predicted octanol–water partition coefficient (Wildman–Crippen LogP) is 11.3. The van der Waals surface area contributed by atoms with Gasteiger partial charge in [-0.3, -0.25) is 0 Å². The first-order valence-electron chi connectivity index (χ1n) is 17.5. The van der Waals surface area contributed by atoms with Crippen LogP contribution in [0.2, 0.25) is 0 Å². The van der Waals surface area contributed by atoms with Gasteiger partial charge in [-0.05, 0) is 72.4 Å². The molecule has 0 spiro atoms. The highest BCUT2D eigenvalue weighted by Crippen LogP contribution is 2.32. The molecule has 0 N–H and O–H groups in total. The number of pyridine rings is 1. The molecule has 2 heterocycles. The summed E-state index contributed by atoms with van der Waals surface area (Å²) in [7, 11) is 1.37. The van der Waals surface area contributed by atoms with E-state index in [2.05, 4.69) is 15.0 Å². The van der Waals surface area contributed by atoms with E-state index < -0.39 is 5.82 Å². The van der Waals surface area contributed by atoms with E-state index in [4.69, 9.17) is 25.8 Å². The number of rotatable bonds is 17. The molecule has 11 heteroatoms. The van der Waals surface area contributed by atoms with Gasteiger partial charge in [0, 0.05) is 40.2 Å². The normalized spacial score (nSPS) is 12.4. The highest BCUT2D eigenvalue weighted by Gasteiger charge is 2.18. The average Bonchev–Trinajstić information content (AvgIpc) is 3.19. The fourth-order valence-electron chi connectivity index (χ4n) is 5.94. The molecular formula is C43H39ClF3N3O3S. The molecule has 54 heavy (non-hydrogen) atoms. The Morgan fingerprint density at radius 2 is 1.35 bits per heavy atom. The maximum absolute atomic E-state index is 15.7. The van der Waals surface area contributed by atoms with E-state index in [0.717, 1.165) is 22.4 Å². The summed E-state index contributed by atoms with van der Waals surface area (Å²) >= 11 is 7.57. The van der Waals surface area contributed by atoms with Crippen LogP contribution in [0.3, 0.4) is 0 Å². The lowest BCUT2D eigenvalue weighted by Crippen LogP contribution is -2.07. The van der Waals surface area contributed by atoms with Crippen molar-refractivity contribution in [2.75, 3.05) is 18.7 Å². The number of aryl methyl sites for hydroxylation is 1. The largest absolute Gasteiger partial charge is 0.479 e. The van der Waals surface area contributed by atoms with Gasteiger partial charge in [0.15, 0.2) is 11.0 Å². The molecule has 6 nitrogen and oxygen atoms in total. The Morgan fingerprint density at radius 1 is 0.667 bits per heavy atom. The molecule has 2 aromatic heterocycles. The third-order valence-electron chi connectivity index (χ3n) is 8.77. The third kappa shape index (κ3) is 10.3. The smallest absolute Gasteiger partial charge is 0.250 e. The Kier molecular flexibility index (Phi) is 13.7. The summed E-state index contributed by atoms with van der Waals surface area (Å²) in [6.45, 7) is 2.04. The topological polar surface area (TPSA) is 66.4 Å². The van der Waals surface area contributed by atoms with Gasteiger partial charge in [-0.25, -0.2) is 28.1 Å². The van der Waals surface area contributed by atoms with Crippen LogP contribution >= 0.6 is 23.4 Å². The van der Waals surface area contributed by atoms with Crippen LogP contribution in [0, 0.1) is 24.4 Å². The first kappa shape index (κ1) is 39.0. The molecule has 4 aromatic carbocycles. The van der Waals surface area contributed by atoms with Crippen molar-refractivity contribution in [2.45, 2.75) is 50.3 Å². The van der Waals surface area contributed by atoms with Crippen LogP contribution in [0.5, 0.6) is 5.88 Å². The maximum Gasteiger partial charge on any atom is 0.250 e. The molecule has 6 rings (SSSR count). The lowest BCUT2D eigenvalue weighted by Gasteiger charge is -2.19. The number of ether oxygens (including phenoxy) is 3. The Bertz CT molecular complexity index is 2160. The predicted molar refractivity (Wildman–Crippen MR) is 207 cm³/mol. The molecule has 0 aliphatic rings. The molecule has 0 fully saturated rings. The van der Waals surface area contributed by atoms with Gasteiger partial charge in [-0.2, -0.15) is 0 Å². The van der Waals surface area contributed by atoms with Crippen molar-refractivity contribution in [3.05, 3.63) is 161 Å². The quantitative estimate of drug-likeness (QED) is 0.0520. The number of alkyl halides is 1. The second kappa shape index (κ2) is 19.0. The highest BCUT2D eigenvalue weighted by atomic mass is 35.5. The fourth-order valence-corrected chi connectivity index (χ4v) is 7.03. The highest BCUT2D eigenvalue weighted by molar-refractivity contribution is 7.99. The molecule has 0 radical (unpaired) electrons. The minimum Gasteiger partial charge on any atom is -0.479 e. The van der Waals surface area contributed by atoms with Crippen LogP contribution in [0.25, 0.3) is 22.4 Å². The SMILES string of the molecule is COc1ncc(-c2cc(C)nc(SCCC(OCc3ccc(-c4cccc(C(CCCl)OCc5ccccc5F)c4)cc3F)c3ccccc3)n2)cc1F. The summed E-state index contributed by atoms with van der Waals surface area (Å²) in [5.41, 5.74) is 6.10. The van der Waals surface area contributed by atoms with Crippen LogP contribution in [0.1, 0.15) is 53.0 Å². The van der Waals surface area contributed by atoms with E-state index in [-0.39, 0.29) is 42.9 Å². The number of nitrogens with zero attached hydrogens (tertiary/aromatic N) is 3. The van der Waals surface area contributed by atoms with Crippen molar-refractivity contribution in [1.29, 1.82) is 0 Å². The van der Waals surface area contributed by atoms with Crippen LogP contribution in [0.4, 0.5) is 13.2 Å². The molecule has 0 aliphatic carbocycles. The molecule has 0 saturated carbocycles. The van der Waals surface area contributed by atoms with Gasteiger partial charge in [0.2, 0.25) is 5.88 Å². The van der Waals surface area contributed by atoms with E-state index >= 15 is 4.39 Å². The summed E-state index contributed by atoms with van der Waals surface area (Å²) in [4.78, 5) is 13.2. The zero-order valence-electron chi connectivity index (χ0n) is 29.9. The van der Waals surface area contributed by atoms with Gasteiger partial charge < -0.3 is 14.2 Å². The number of hydrogen-bond acceptors (Lipinski definition) is 7. The number of hydrogen-bond donors (Lipinski definition) is 0. The van der Waals surface area contributed by atoms with Crippen molar-refractivity contribution in [3.8, 4) is 28.3 Å². The first-order valence-corrected chi connectivity index (χ1v) is 19.0. The summed E-state index contributed by atoms with van der Waals surface area (Å²) in [6.07, 6.45) is 1.98. The number of halogens is 4. The zero-order chi connectivity index (χ0) is 37.9. The lowest BCUT2D eigenvalue weighted by molar-refractivity contribution is 0.0362. The Labute approximate surface area is 322 Å². The monoisotopic (exact) mass is 769 g/mol. The van der Waals surface area contributed by atoms with Gasteiger partial charge in [-0.1, -0.05) is 90.6 Å². The van der Waals surface area contributed by atoms with Crippen LogP contribution in [-0.4, -0.2) is 33.7 Å². The summed E-state index contributed by atoms with van der Waals surface area (Å²) in [5, 5.41) is 0.546. The number of methoxy groups -OCH3 is 1. The minimum absolute atomic E-state index is 0.0686. The molecule has 2 atom stereocenters. The molecule has 0 amide bonds. The van der Waals surface area contributed by atoms with Gasteiger partial charge >= 0.3 is 0 Å². The van der Waals surface area contributed by atoms with E-state index in [1.165, 1.54) is 43.3 Å². The van der Waals surface area contributed by atoms with Crippen LogP contribution < -0.4 is 4.74 Å². The van der Waals surface area contributed by atoms with Gasteiger partial charge in [0.1, 0.15) is 11.6 Å². The lowest BCUT2D eigenvalue weighted by atomic mass is 9.98. The summed E-state index contributed by atoms with van der Waals surface area (Å²) in [5.74, 6) is -0.366. The number of thioether (sulfide) groups is 1. The molecule has 0 saturated heterocycles. The van der Waals surface area contributed by atoms with Gasteiger partial charge in [0.25, 0.3) is 0 Å². The number of benzene rings is 4. The Balaban J connectivity index is 1.11. The standard InChI is InChI=1S/C43H39ClF3N3O3S/c1-28-21-39(35-24-38(47)42(51-2)48-25-35)50-43(49-28)54-20-18-41(29-9-4-3-5-10-29)53-27-34-16-15-31(23-37(34)46)30-12-8-13-32(22-30)40(17-19-44)52-26-33-11-6-7-14-36(33)45/h3-16,21-25,40-41H,17-20,26-27H2,1-2H3. The van der Waals surface area contributed by atoms with E-state index in [9.17, 15) is 8.78 Å². The molecular weight excluding hydrogens is 731 g/mol. The summed E-state index contributed by atoms with van der Waals surface area (Å²) < 4.78 is 61.7. The van der Waals surface area contributed by atoms with Crippen molar-refractivity contribution in [2.24, 2.45) is 0 Å². The van der Waals surface area contributed by atoms with Crippen LogP contribution in [-0.2, 0) is 22.7 Å². The van der Waals surface area contributed by atoms with Crippen molar-refractivity contribution >= 4 is 23.4 Å². The first-order chi connectivity index (χ1) is 26.3. The maximum atomic E-state index is 15.7. The van der Waals surface area contributed by atoms with Gasteiger partial charge in [0.05, 0.1) is 38.2 Å². The van der Waals surface area contributed by atoms with Gasteiger partial charge in [-0.15, -0.1) is 11.6 Å². The van der Waals surface area contributed by atoms with E-state index in [1.54, 1.807) is 30.3 Å². The van der Waals surface area contributed by atoms with Crippen molar-refractivity contribution in [1.82, 2.24) is 15.0 Å². The fraction of sp³-hybridized carbons (Fsp3) is 0.233. The van der Waals surface area contributed by atoms with Crippen molar-refractivity contribution < 1.29 is 27.4 Å². The third-order valence-corrected chi connectivity index (χ3v) is 9.87. The zero-order valence-corrected chi connectivity index (χ0v) is 31.4. The number of aromatic nitrogens is 3. The van der Waals surface area contributed by atoms with Crippen LogP contribution in [0.15, 0.2) is 121 Å². The van der Waals surface area contributed by atoms with Crippen molar-refractivity contribution in [3.63, 3.8) is 0 Å². The molecule has 0 aliphatic heterocycles. The summed E-state index contributed by atoms with van der Waals surface area (Å²) in [6, 6.07) is 32.3. The van der Waals surface area contributed by atoms with E-state index in [0.29, 0.717) is 57.6 Å². The second-order valence-corrected chi connectivity index (χ2v) is 14.0. The average molecular weight is 770 g/mol. The van der Waals surface area contributed by atoms with E-state index in [1.807, 2.05) is 67.6 Å². The molecule has 2 unspecified atom stereocenters. The Morgan fingerprint density at radius 3 is 2.07 bits per heavy atom. The second-order valence-electron chi connectivity index (χ2n) is 12.5. The molecule has 6 aromatic rings. The molecule has 0 bridgehead atoms. The Hall–Kier alpha value is -4.74. The molecule has 278 valence electrons.